The van der Waals surface area contributed by atoms with Gasteiger partial charge in [-0.15, -0.1) is 0 Å². The molecular weight excluding hydrogens is 456 g/mol. The van der Waals surface area contributed by atoms with Crippen LogP contribution in [0, 0.1) is 0 Å². The third kappa shape index (κ3) is 5.31. The molecule has 1 amide bonds. The van der Waals surface area contributed by atoms with Crippen LogP contribution in [0.2, 0.25) is 0 Å². The number of fused-ring (bicyclic) bond motifs is 2. The number of ether oxygens (including phenoxy) is 2. The van der Waals surface area contributed by atoms with E-state index in [9.17, 15) is 13.2 Å². The molecule has 0 unspecified atom stereocenters. The Bertz CT molecular complexity index is 1260. The van der Waals surface area contributed by atoms with E-state index in [4.69, 9.17) is 9.47 Å². The van der Waals surface area contributed by atoms with E-state index in [1.165, 1.54) is 11.3 Å². The molecule has 2 heterocycles. The molecule has 0 saturated carbocycles. The Hall–Kier alpha value is -2.30. The molecule has 0 spiro atoms. The van der Waals surface area contributed by atoms with Gasteiger partial charge < -0.3 is 14.0 Å². The van der Waals surface area contributed by atoms with Crippen molar-refractivity contribution in [2.45, 2.75) is 18.7 Å². The minimum atomic E-state index is -3.40. The van der Waals surface area contributed by atoms with Crippen LogP contribution in [-0.2, 0) is 26.9 Å². The maximum Gasteiger partial charge on any atom is 0.249 e. The third-order valence-electron chi connectivity index (χ3n) is 4.77. The van der Waals surface area contributed by atoms with E-state index in [0.717, 1.165) is 16.0 Å². The molecular formula is C21H22N2O5S3. The molecule has 164 valence electrons. The number of benzene rings is 2. The number of thiazole rings is 1. The van der Waals surface area contributed by atoms with Crippen LogP contribution in [0.15, 0.2) is 47.5 Å². The van der Waals surface area contributed by atoms with Gasteiger partial charge in [0.2, 0.25) is 12.7 Å². The van der Waals surface area contributed by atoms with E-state index < -0.39 is 15.7 Å². The van der Waals surface area contributed by atoms with Crippen molar-refractivity contribution in [2.24, 2.45) is 4.99 Å². The number of hydrogen-bond acceptors (Lipinski definition) is 7. The van der Waals surface area contributed by atoms with Gasteiger partial charge in [0.05, 0.1) is 21.7 Å². The lowest BCUT2D eigenvalue weighted by Crippen LogP contribution is -2.19. The Morgan fingerprint density at radius 2 is 1.94 bits per heavy atom. The van der Waals surface area contributed by atoms with Gasteiger partial charge in [-0.25, -0.2) is 8.42 Å². The van der Waals surface area contributed by atoms with Crippen LogP contribution in [0.4, 0.5) is 0 Å². The lowest BCUT2D eigenvalue weighted by atomic mass is 10.2. The van der Waals surface area contributed by atoms with Gasteiger partial charge >= 0.3 is 0 Å². The van der Waals surface area contributed by atoms with Crippen molar-refractivity contribution in [3.63, 3.8) is 0 Å². The van der Waals surface area contributed by atoms with Gasteiger partial charge in [-0.2, -0.15) is 16.8 Å². The Labute approximate surface area is 188 Å². The van der Waals surface area contributed by atoms with E-state index in [2.05, 4.69) is 4.99 Å². The number of carbonyl (C=O) groups is 1. The molecule has 1 aliphatic heterocycles. The minimum absolute atomic E-state index is 0.0801. The highest BCUT2D eigenvalue weighted by atomic mass is 32.2. The van der Waals surface area contributed by atoms with Gasteiger partial charge in [0.1, 0.15) is 0 Å². The van der Waals surface area contributed by atoms with Crippen LogP contribution in [0.3, 0.4) is 0 Å². The standard InChI is InChI=1S/C21H22N2O5S3/c1-29-9-8-23-16-11-17-18(28-14-27-17)12-19(16)30-21(23)22-20(24)7-10-31(25,26)13-15-5-3-2-4-6-15/h2-6,11-12H,7-10,13-14H2,1H3. The minimum Gasteiger partial charge on any atom is -0.454 e. The monoisotopic (exact) mass is 478 g/mol. The number of sulfone groups is 1. The summed E-state index contributed by atoms with van der Waals surface area (Å²) in [6, 6.07) is 12.8. The van der Waals surface area contributed by atoms with Gasteiger partial charge in [0.15, 0.2) is 26.1 Å². The first kappa shape index (κ1) is 21.9. The highest BCUT2D eigenvalue weighted by Crippen LogP contribution is 2.37. The van der Waals surface area contributed by atoms with Crippen LogP contribution in [-0.4, -0.2) is 43.4 Å². The Morgan fingerprint density at radius 3 is 2.68 bits per heavy atom. The number of aromatic nitrogens is 1. The Balaban J connectivity index is 1.55. The summed E-state index contributed by atoms with van der Waals surface area (Å²) < 4.78 is 38.6. The van der Waals surface area contributed by atoms with Crippen molar-refractivity contribution >= 4 is 49.1 Å². The van der Waals surface area contributed by atoms with Crippen LogP contribution >= 0.6 is 23.1 Å². The number of nitrogens with zero attached hydrogens (tertiary/aromatic N) is 2. The molecule has 0 aliphatic carbocycles. The molecule has 0 saturated heterocycles. The molecule has 0 atom stereocenters. The van der Waals surface area contributed by atoms with Crippen molar-refractivity contribution in [3.8, 4) is 11.5 Å². The van der Waals surface area contributed by atoms with Crippen molar-refractivity contribution in [1.29, 1.82) is 0 Å². The summed E-state index contributed by atoms with van der Waals surface area (Å²) in [6.45, 7) is 0.879. The van der Waals surface area contributed by atoms with Crippen LogP contribution in [0.1, 0.15) is 12.0 Å². The molecule has 3 aromatic rings. The van der Waals surface area contributed by atoms with E-state index in [0.29, 0.717) is 28.4 Å². The van der Waals surface area contributed by atoms with E-state index in [1.54, 1.807) is 36.0 Å². The SMILES string of the molecule is CSCCn1c(=NC(=O)CCS(=O)(=O)Cc2ccccc2)sc2cc3c(cc21)OCO3. The number of aryl methyl sites for hydroxylation is 1. The number of amides is 1. The fraction of sp³-hybridized carbons (Fsp3) is 0.333. The summed E-state index contributed by atoms with van der Waals surface area (Å²) in [4.78, 5) is 17.3. The summed E-state index contributed by atoms with van der Waals surface area (Å²) in [7, 11) is -3.40. The molecule has 10 heteroatoms. The zero-order valence-corrected chi connectivity index (χ0v) is 19.4. The van der Waals surface area contributed by atoms with Crippen molar-refractivity contribution < 1.29 is 22.7 Å². The predicted octanol–water partition coefficient (Wildman–Crippen LogP) is 3.23. The van der Waals surface area contributed by atoms with E-state index in [-0.39, 0.29) is 24.7 Å². The summed E-state index contributed by atoms with van der Waals surface area (Å²) >= 11 is 3.08. The maximum atomic E-state index is 12.5. The first-order chi connectivity index (χ1) is 14.9. The van der Waals surface area contributed by atoms with Crippen LogP contribution in [0.25, 0.3) is 10.2 Å². The fourth-order valence-electron chi connectivity index (χ4n) is 3.25. The molecule has 7 nitrogen and oxygen atoms in total. The quantitative estimate of drug-likeness (QED) is 0.494. The normalized spacial score (nSPS) is 13.8. The predicted molar refractivity (Wildman–Crippen MR) is 123 cm³/mol. The van der Waals surface area contributed by atoms with Crippen molar-refractivity contribution in [2.75, 3.05) is 24.6 Å². The molecule has 0 bridgehead atoms. The van der Waals surface area contributed by atoms with E-state index >= 15 is 0 Å². The molecule has 2 aromatic carbocycles. The number of carbonyl (C=O) groups excluding carboxylic acids is 1. The van der Waals surface area contributed by atoms with Gasteiger partial charge in [-0.05, 0) is 11.8 Å². The van der Waals surface area contributed by atoms with Gasteiger partial charge in [-0.1, -0.05) is 41.7 Å². The molecule has 0 fully saturated rings. The number of hydrogen-bond donors (Lipinski definition) is 0. The zero-order chi connectivity index (χ0) is 21.8. The smallest absolute Gasteiger partial charge is 0.249 e. The molecule has 0 radical (unpaired) electrons. The van der Waals surface area contributed by atoms with Crippen molar-refractivity contribution in [3.05, 3.63) is 52.8 Å². The second kappa shape index (κ2) is 9.46. The first-order valence-electron chi connectivity index (χ1n) is 9.69. The third-order valence-corrected chi connectivity index (χ3v) is 8.00. The van der Waals surface area contributed by atoms with Gasteiger partial charge in [0.25, 0.3) is 0 Å². The summed E-state index contributed by atoms with van der Waals surface area (Å²) in [5.74, 6) is 1.46. The highest BCUT2D eigenvalue weighted by molar-refractivity contribution is 7.98. The summed E-state index contributed by atoms with van der Waals surface area (Å²) in [5.41, 5.74) is 1.63. The molecule has 1 aromatic heterocycles. The molecule has 1 aliphatic rings. The maximum absolute atomic E-state index is 12.5. The van der Waals surface area contributed by atoms with E-state index in [1.807, 2.05) is 29.0 Å². The lowest BCUT2D eigenvalue weighted by molar-refractivity contribution is -0.117. The summed E-state index contributed by atoms with van der Waals surface area (Å²) in [5, 5.41) is 0. The van der Waals surface area contributed by atoms with Crippen LogP contribution < -0.4 is 14.3 Å². The van der Waals surface area contributed by atoms with Crippen molar-refractivity contribution in [1.82, 2.24) is 4.57 Å². The van der Waals surface area contributed by atoms with Gasteiger partial charge in [0, 0.05) is 30.9 Å². The number of thioether (sulfide) groups is 1. The topological polar surface area (TPSA) is 87.0 Å². The molecule has 31 heavy (non-hydrogen) atoms. The Morgan fingerprint density at radius 1 is 1.19 bits per heavy atom. The Kier molecular flexibility index (Phi) is 6.68. The lowest BCUT2D eigenvalue weighted by Gasteiger charge is -2.05. The second-order valence-corrected chi connectivity index (χ2v) is 11.2. The average molecular weight is 479 g/mol. The molecule has 4 rings (SSSR count). The second-order valence-electron chi connectivity index (χ2n) is 7.04. The molecule has 0 N–H and O–H groups in total. The van der Waals surface area contributed by atoms with Crippen LogP contribution in [0.5, 0.6) is 11.5 Å². The fourth-order valence-corrected chi connectivity index (χ4v) is 6.03. The zero-order valence-electron chi connectivity index (χ0n) is 16.9. The number of rotatable bonds is 8. The summed E-state index contributed by atoms with van der Waals surface area (Å²) in [6.07, 6.45) is 1.87. The highest BCUT2D eigenvalue weighted by Gasteiger charge is 2.19. The van der Waals surface area contributed by atoms with Gasteiger partial charge in [-0.3, -0.25) is 4.79 Å². The first-order valence-corrected chi connectivity index (χ1v) is 13.7. The largest absolute Gasteiger partial charge is 0.454 e. The average Bonchev–Trinajstić information content (AvgIpc) is 3.33.